The van der Waals surface area contributed by atoms with Gasteiger partial charge in [0.25, 0.3) is 0 Å². The standard InChI is InChI=1S/C4H5N3S/c5-4-3(8)1-6-2-7-4/h1-2,8H,(H2,5,6,7). The fourth-order valence-corrected chi connectivity index (χ4v) is 0.456. The van der Waals surface area contributed by atoms with Crippen molar-refractivity contribution in [2.24, 2.45) is 0 Å². The lowest BCUT2D eigenvalue weighted by Gasteiger charge is -1.90. The van der Waals surface area contributed by atoms with Crippen molar-refractivity contribution in [3.05, 3.63) is 12.5 Å². The van der Waals surface area contributed by atoms with Gasteiger partial charge in [-0.2, -0.15) is 0 Å². The van der Waals surface area contributed by atoms with Gasteiger partial charge in [0.2, 0.25) is 0 Å². The van der Waals surface area contributed by atoms with E-state index < -0.39 is 0 Å². The summed E-state index contributed by atoms with van der Waals surface area (Å²) in [5.41, 5.74) is 5.29. The Balaban J connectivity index is 3.13. The summed E-state index contributed by atoms with van der Waals surface area (Å²) in [6.07, 6.45) is 2.93. The van der Waals surface area contributed by atoms with E-state index in [-0.39, 0.29) is 0 Å². The SMILES string of the molecule is Nc1ncncc1S. The Morgan fingerprint density at radius 2 is 2.38 bits per heavy atom. The van der Waals surface area contributed by atoms with E-state index in [0.29, 0.717) is 10.7 Å². The molecule has 42 valence electrons. The van der Waals surface area contributed by atoms with Gasteiger partial charge in [0.05, 0.1) is 4.90 Å². The van der Waals surface area contributed by atoms with Gasteiger partial charge in [-0.05, 0) is 0 Å². The Morgan fingerprint density at radius 1 is 1.62 bits per heavy atom. The number of aromatic nitrogens is 2. The van der Waals surface area contributed by atoms with Crippen LogP contribution < -0.4 is 5.73 Å². The Morgan fingerprint density at radius 3 is 2.75 bits per heavy atom. The molecule has 0 spiro atoms. The zero-order valence-corrected chi connectivity index (χ0v) is 4.97. The highest BCUT2D eigenvalue weighted by Gasteiger charge is 1.88. The van der Waals surface area contributed by atoms with Crippen LogP contribution in [0.5, 0.6) is 0 Å². The van der Waals surface area contributed by atoms with E-state index in [1.54, 1.807) is 6.20 Å². The summed E-state index contributed by atoms with van der Waals surface area (Å²) in [6, 6.07) is 0. The minimum absolute atomic E-state index is 0.420. The molecule has 1 rings (SSSR count). The van der Waals surface area contributed by atoms with E-state index in [4.69, 9.17) is 5.73 Å². The molecular formula is C4H5N3S. The molecule has 4 heteroatoms. The molecule has 1 aromatic rings. The van der Waals surface area contributed by atoms with Crippen LogP contribution in [0, 0.1) is 0 Å². The van der Waals surface area contributed by atoms with E-state index in [2.05, 4.69) is 22.6 Å². The molecule has 8 heavy (non-hydrogen) atoms. The summed E-state index contributed by atoms with van der Waals surface area (Å²) in [5.74, 6) is 0.420. The summed E-state index contributed by atoms with van der Waals surface area (Å²) in [7, 11) is 0. The highest BCUT2D eigenvalue weighted by atomic mass is 32.1. The van der Waals surface area contributed by atoms with Crippen molar-refractivity contribution in [1.29, 1.82) is 0 Å². The van der Waals surface area contributed by atoms with Crippen molar-refractivity contribution >= 4 is 18.4 Å². The summed E-state index contributed by atoms with van der Waals surface area (Å²) in [4.78, 5) is 7.96. The van der Waals surface area contributed by atoms with Crippen LogP contribution >= 0.6 is 12.6 Å². The van der Waals surface area contributed by atoms with Gasteiger partial charge in [-0.25, -0.2) is 9.97 Å². The molecule has 0 aliphatic carbocycles. The van der Waals surface area contributed by atoms with Gasteiger partial charge in [0, 0.05) is 6.20 Å². The lowest BCUT2D eigenvalue weighted by atomic mass is 10.6. The molecule has 0 saturated heterocycles. The first-order chi connectivity index (χ1) is 3.80. The predicted molar refractivity (Wildman–Crippen MR) is 33.7 cm³/mol. The zero-order valence-electron chi connectivity index (χ0n) is 4.07. The first-order valence-corrected chi connectivity index (χ1v) is 2.50. The van der Waals surface area contributed by atoms with E-state index in [1.807, 2.05) is 0 Å². The maximum absolute atomic E-state index is 5.29. The summed E-state index contributed by atoms with van der Waals surface area (Å²) < 4.78 is 0. The van der Waals surface area contributed by atoms with Crippen LogP contribution in [0.25, 0.3) is 0 Å². The predicted octanol–water partition coefficient (Wildman–Crippen LogP) is 0.348. The lowest BCUT2D eigenvalue weighted by Crippen LogP contribution is -1.90. The number of nitrogens with zero attached hydrogens (tertiary/aromatic N) is 2. The molecule has 2 N–H and O–H groups in total. The average Bonchev–Trinajstić information content (AvgIpc) is 1.77. The van der Waals surface area contributed by atoms with Gasteiger partial charge in [0.15, 0.2) is 0 Å². The monoisotopic (exact) mass is 127 g/mol. The van der Waals surface area contributed by atoms with Crippen LogP contribution in [-0.4, -0.2) is 9.97 Å². The fraction of sp³-hybridized carbons (Fsp3) is 0. The second kappa shape index (κ2) is 2.00. The topological polar surface area (TPSA) is 51.8 Å². The number of anilines is 1. The summed E-state index contributed by atoms with van der Waals surface area (Å²) >= 11 is 3.95. The van der Waals surface area contributed by atoms with Crippen molar-refractivity contribution in [2.45, 2.75) is 4.90 Å². The van der Waals surface area contributed by atoms with Crippen molar-refractivity contribution in [3.8, 4) is 0 Å². The molecule has 1 heterocycles. The van der Waals surface area contributed by atoms with Crippen LogP contribution in [0.3, 0.4) is 0 Å². The zero-order chi connectivity index (χ0) is 5.98. The molecule has 0 aliphatic rings. The third kappa shape index (κ3) is 0.894. The molecular weight excluding hydrogens is 122 g/mol. The van der Waals surface area contributed by atoms with Gasteiger partial charge in [-0.3, -0.25) is 0 Å². The largest absolute Gasteiger partial charge is 0.383 e. The number of nitrogen functional groups attached to an aromatic ring is 1. The quantitative estimate of drug-likeness (QED) is 0.494. The van der Waals surface area contributed by atoms with Crippen LogP contribution in [0.4, 0.5) is 5.82 Å². The molecule has 0 amide bonds. The number of hydrogen-bond donors (Lipinski definition) is 2. The van der Waals surface area contributed by atoms with Crippen LogP contribution in [0.1, 0.15) is 0 Å². The second-order valence-electron chi connectivity index (χ2n) is 1.29. The van der Waals surface area contributed by atoms with Gasteiger partial charge < -0.3 is 5.73 Å². The minimum Gasteiger partial charge on any atom is -0.383 e. The smallest absolute Gasteiger partial charge is 0.140 e. The molecule has 0 atom stereocenters. The molecule has 0 aliphatic heterocycles. The van der Waals surface area contributed by atoms with Gasteiger partial charge in [0.1, 0.15) is 12.1 Å². The number of thiol groups is 1. The van der Waals surface area contributed by atoms with Crippen molar-refractivity contribution in [3.63, 3.8) is 0 Å². The summed E-state index contributed by atoms with van der Waals surface area (Å²) in [6.45, 7) is 0. The highest BCUT2D eigenvalue weighted by molar-refractivity contribution is 7.80. The Bertz CT molecular complexity index is 167. The Kier molecular flexibility index (Phi) is 1.34. The van der Waals surface area contributed by atoms with Crippen molar-refractivity contribution < 1.29 is 0 Å². The molecule has 0 aromatic carbocycles. The molecule has 3 nitrogen and oxygen atoms in total. The lowest BCUT2D eigenvalue weighted by molar-refractivity contribution is 1.11. The second-order valence-corrected chi connectivity index (χ2v) is 1.78. The van der Waals surface area contributed by atoms with E-state index in [9.17, 15) is 0 Å². The van der Waals surface area contributed by atoms with Crippen LogP contribution in [0.15, 0.2) is 17.4 Å². The number of hydrogen-bond acceptors (Lipinski definition) is 4. The van der Waals surface area contributed by atoms with Gasteiger partial charge in [-0.1, -0.05) is 0 Å². The molecule has 0 saturated carbocycles. The first-order valence-electron chi connectivity index (χ1n) is 2.05. The van der Waals surface area contributed by atoms with Crippen LogP contribution in [-0.2, 0) is 0 Å². The Labute approximate surface area is 52.4 Å². The van der Waals surface area contributed by atoms with Crippen molar-refractivity contribution in [1.82, 2.24) is 9.97 Å². The van der Waals surface area contributed by atoms with Gasteiger partial charge in [-0.15, -0.1) is 12.6 Å². The Hall–Kier alpha value is -0.770. The fourth-order valence-electron chi connectivity index (χ4n) is 0.332. The number of nitrogens with two attached hydrogens (primary N) is 1. The van der Waals surface area contributed by atoms with Crippen LogP contribution in [0.2, 0.25) is 0 Å². The minimum atomic E-state index is 0.420. The third-order valence-corrected chi connectivity index (χ3v) is 1.07. The molecule has 0 bridgehead atoms. The van der Waals surface area contributed by atoms with E-state index >= 15 is 0 Å². The molecule has 1 aromatic heterocycles. The normalized spacial score (nSPS) is 9.12. The molecule has 0 unspecified atom stereocenters. The molecule has 0 radical (unpaired) electrons. The number of rotatable bonds is 0. The van der Waals surface area contributed by atoms with E-state index in [0.717, 1.165) is 0 Å². The first kappa shape index (κ1) is 5.37. The van der Waals surface area contributed by atoms with E-state index in [1.165, 1.54) is 6.33 Å². The summed E-state index contributed by atoms with van der Waals surface area (Å²) in [5, 5.41) is 0. The highest BCUT2D eigenvalue weighted by Crippen LogP contribution is 2.07. The maximum atomic E-state index is 5.29. The maximum Gasteiger partial charge on any atom is 0.140 e. The van der Waals surface area contributed by atoms with Crippen molar-refractivity contribution in [2.75, 3.05) is 5.73 Å². The molecule has 0 fully saturated rings. The van der Waals surface area contributed by atoms with Gasteiger partial charge >= 0.3 is 0 Å². The average molecular weight is 127 g/mol. The third-order valence-electron chi connectivity index (χ3n) is 0.723.